The molecule has 1 aliphatic rings. The fraction of sp³-hybridized carbons (Fsp3) is 0.273. The molecule has 0 saturated carbocycles. The van der Waals surface area contributed by atoms with Crippen LogP contribution in [0.1, 0.15) is 17.3 Å². The predicted molar refractivity (Wildman–Crippen MR) is 109 cm³/mol. The minimum absolute atomic E-state index is 0.0212. The molecule has 2 amide bonds. The number of hydrogen-bond donors (Lipinski definition) is 1. The monoisotopic (exact) mass is 420 g/mol. The van der Waals surface area contributed by atoms with Gasteiger partial charge in [0.25, 0.3) is 5.89 Å². The van der Waals surface area contributed by atoms with Crippen molar-refractivity contribution >= 4 is 22.9 Å². The lowest BCUT2D eigenvalue weighted by atomic mass is 10.1. The van der Waals surface area contributed by atoms with E-state index in [2.05, 4.69) is 15.3 Å². The van der Waals surface area contributed by atoms with Crippen LogP contribution in [-0.2, 0) is 22.4 Å². The second-order valence-electron chi connectivity index (χ2n) is 7.35. The van der Waals surface area contributed by atoms with Crippen molar-refractivity contribution in [3.63, 3.8) is 0 Å². The highest BCUT2D eigenvalue weighted by Crippen LogP contribution is 2.23. The molecule has 0 spiro atoms. The molecule has 31 heavy (non-hydrogen) atoms. The van der Waals surface area contributed by atoms with Crippen molar-refractivity contribution in [3.05, 3.63) is 60.0 Å². The van der Waals surface area contributed by atoms with Crippen LogP contribution < -0.4 is 5.32 Å². The fourth-order valence-electron chi connectivity index (χ4n) is 3.73. The van der Waals surface area contributed by atoms with E-state index in [0.29, 0.717) is 47.7 Å². The highest BCUT2D eigenvalue weighted by Gasteiger charge is 2.35. The Balaban J connectivity index is 1.36. The number of nitrogens with one attached hydrogen (secondary N) is 1. The Morgan fingerprint density at radius 3 is 2.87 bits per heavy atom. The van der Waals surface area contributed by atoms with Crippen LogP contribution in [-0.4, -0.2) is 45.8 Å². The van der Waals surface area contributed by atoms with Gasteiger partial charge in [-0.2, -0.15) is 0 Å². The number of benzene rings is 1. The number of carbonyl (C=O) groups is 2. The topological polar surface area (TPSA) is 115 Å². The van der Waals surface area contributed by atoms with E-state index in [9.17, 15) is 9.59 Å². The molecule has 0 unspecified atom stereocenters. The number of furan rings is 1. The number of aryl methyl sites for hydroxylation is 1. The summed E-state index contributed by atoms with van der Waals surface area (Å²) in [6.07, 6.45) is 1.75. The van der Waals surface area contributed by atoms with Crippen LogP contribution in [0.3, 0.4) is 0 Å². The van der Waals surface area contributed by atoms with E-state index in [-0.39, 0.29) is 24.7 Å². The van der Waals surface area contributed by atoms with Gasteiger partial charge in [0.15, 0.2) is 17.2 Å². The normalized spacial score (nSPS) is 16.6. The zero-order chi connectivity index (χ0) is 21.4. The largest absolute Gasteiger partial charge is 0.459 e. The van der Waals surface area contributed by atoms with Crippen LogP contribution in [0.4, 0.5) is 0 Å². The van der Waals surface area contributed by atoms with E-state index >= 15 is 0 Å². The zero-order valence-electron chi connectivity index (χ0n) is 16.8. The number of oxazole rings is 2. The number of piperazine rings is 1. The highest BCUT2D eigenvalue weighted by molar-refractivity contribution is 5.89. The smallest absolute Gasteiger partial charge is 0.263 e. The van der Waals surface area contributed by atoms with Gasteiger partial charge in [-0.3, -0.25) is 9.59 Å². The van der Waals surface area contributed by atoms with Gasteiger partial charge < -0.3 is 23.5 Å². The number of aromatic nitrogens is 2. The molecular formula is C22H20N4O5. The van der Waals surface area contributed by atoms with Crippen molar-refractivity contribution in [2.45, 2.75) is 25.8 Å². The highest BCUT2D eigenvalue weighted by atomic mass is 16.4. The Labute approximate surface area is 177 Å². The zero-order valence-corrected chi connectivity index (χ0v) is 16.8. The van der Waals surface area contributed by atoms with Crippen LogP contribution in [0, 0.1) is 6.92 Å². The van der Waals surface area contributed by atoms with Crippen LogP contribution in [0.5, 0.6) is 0 Å². The summed E-state index contributed by atoms with van der Waals surface area (Å²) in [5.41, 5.74) is 1.88. The molecule has 3 aromatic heterocycles. The SMILES string of the molecule is Cc1oc(-c2ccco2)nc1CC(=O)N1CCNC(=O)[C@@H]1Cc1nc2ccccc2o1. The lowest BCUT2D eigenvalue weighted by Gasteiger charge is -2.34. The first-order chi connectivity index (χ1) is 15.1. The third-order valence-corrected chi connectivity index (χ3v) is 5.30. The summed E-state index contributed by atoms with van der Waals surface area (Å²) in [7, 11) is 0. The van der Waals surface area contributed by atoms with Crippen molar-refractivity contribution in [3.8, 4) is 11.7 Å². The van der Waals surface area contributed by atoms with E-state index in [1.165, 1.54) is 6.26 Å². The lowest BCUT2D eigenvalue weighted by Crippen LogP contribution is -2.58. The molecule has 0 aliphatic carbocycles. The fourth-order valence-corrected chi connectivity index (χ4v) is 3.73. The summed E-state index contributed by atoms with van der Waals surface area (Å²) in [5.74, 6) is 1.33. The number of fused-ring (bicyclic) bond motifs is 1. The molecular weight excluding hydrogens is 400 g/mol. The summed E-state index contributed by atoms with van der Waals surface area (Å²) in [5, 5.41) is 2.82. The van der Waals surface area contributed by atoms with E-state index in [1.54, 1.807) is 24.0 Å². The van der Waals surface area contributed by atoms with E-state index < -0.39 is 6.04 Å². The molecule has 1 fully saturated rings. The average molecular weight is 420 g/mol. The Morgan fingerprint density at radius 2 is 2.06 bits per heavy atom. The summed E-state index contributed by atoms with van der Waals surface area (Å²) >= 11 is 0. The number of nitrogens with zero attached hydrogens (tertiary/aromatic N) is 3. The first-order valence-electron chi connectivity index (χ1n) is 10.0. The standard InChI is InChI=1S/C22H20N4O5/c1-13-15(25-22(30-13)18-7-4-10-29-18)11-20(27)26-9-8-23-21(28)16(26)12-19-24-14-5-2-3-6-17(14)31-19/h2-7,10,16H,8-9,11-12H2,1H3,(H,23,28)/t16-/m0/s1. The van der Waals surface area contributed by atoms with Crippen molar-refractivity contribution in [1.29, 1.82) is 0 Å². The maximum Gasteiger partial charge on any atom is 0.263 e. The van der Waals surface area contributed by atoms with Crippen molar-refractivity contribution in [1.82, 2.24) is 20.2 Å². The van der Waals surface area contributed by atoms with Gasteiger partial charge in [0, 0.05) is 13.1 Å². The van der Waals surface area contributed by atoms with Gasteiger partial charge in [0.05, 0.1) is 24.8 Å². The van der Waals surface area contributed by atoms with Crippen LogP contribution in [0.15, 0.2) is 55.9 Å². The second kappa shape index (κ2) is 7.75. The lowest BCUT2D eigenvalue weighted by molar-refractivity contribution is -0.142. The Bertz CT molecular complexity index is 1210. The first-order valence-corrected chi connectivity index (χ1v) is 10.0. The number of para-hydroxylation sites is 2. The van der Waals surface area contributed by atoms with Gasteiger partial charge >= 0.3 is 0 Å². The minimum atomic E-state index is -0.703. The van der Waals surface area contributed by atoms with Crippen molar-refractivity contribution < 1.29 is 22.8 Å². The molecule has 1 aromatic carbocycles. The van der Waals surface area contributed by atoms with Gasteiger partial charge in [-0.05, 0) is 31.2 Å². The summed E-state index contributed by atoms with van der Waals surface area (Å²) in [4.78, 5) is 36.1. The summed E-state index contributed by atoms with van der Waals surface area (Å²) in [6.45, 7) is 2.54. The van der Waals surface area contributed by atoms with Crippen LogP contribution in [0.25, 0.3) is 22.8 Å². The predicted octanol–water partition coefficient (Wildman–Crippen LogP) is 2.50. The third kappa shape index (κ3) is 3.70. The van der Waals surface area contributed by atoms with E-state index in [0.717, 1.165) is 5.52 Å². The molecule has 1 saturated heterocycles. The van der Waals surface area contributed by atoms with Crippen molar-refractivity contribution in [2.24, 2.45) is 0 Å². The number of carbonyl (C=O) groups excluding carboxylic acids is 2. The molecule has 158 valence electrons. The van der Waals surface area contributed by atoms with E-state index in [1.807, 2.05) is 24.3 Å². The summed E-state index contributed by atoms with van der Waals surface area (Å²) < 4.78 is 16.7. The third-order valence-electron chi connectivity index (χ3n) is 5.30. The van der Waals surface area contributed by atoms with E-state index in [4.69, 9.17) is 13.3 Å². The molecule has 1 atom stereocenters. The van der Waals surface area contributed by atoms with Crippen LogP contribution in [0.2, 0.25) is 0 Å². The second-order valence-corrected chi connectivity index (χ2v) is 7.35. The molecule has 9 heteroatoms. The summed E-state index contributed by atoms with van der Waals surface area (Å²) in [6, 6.07) is 10.2. The Morgan fingerprint density at radius 1 is 1.19 bits per heavy atom. The molecule has 5 rings (SSSR count). The number of amides is 2. The maximum atomic E-state index is 13.1. The van der Waals surface area contributed by atoms with Crippen LogP contribution >= 0.6 is 0 Å². The maximum absolute atomic E-state index is 13.1. The van der Waals surface area contributed by atoms with Gasteiger partial charge in [-0.25, -0.2) is 9.97 Å². The molecule has 4 heterocycles. The molecule has 9 nitrogen and oxygen atoms in total. The molecule has 1 aliphatic heterocycles. The minimum Gasteiger partial charge on any atom is -0.459 e. The first kappa shape index (κ1) is 19.1. The van der Waals surface area contributed by atoms with Gasteiger partial charge in [-0.1, -0.05) is 12.1 Å². The average Bonchev–Trinajstić information content (AvgIpc) is 3.49. The Kier molecular flexibility index (Phi) is 4.78. The van der Waals surface area contributed by atoms with Crippen molar-refractivity contribution in [2.75, 3.05) is 13.1 Å². The molecule has 4 aromatic rings. The van der Waals surface area contributed by atoms with Gasteiger partial charge in [0.2, 0.25) is 11.8 Å². The Hall–Kier alpha value is -3.88. The number of hydrogen-bond acceptors (Lipinski definition) is 7. The molecule has 0 bridgehead atoms. The van der Waals surface area contributed by atoms with Gasteiger partial charge in [0.1, 0.15) is 17.3 Å². The molecule has 0 radical (unpaired) electrons. The van der Waals surface area contributed by atoms with Gasteiger partial charge in [-0.15, -0.1) is 0 Å². The quantitative estimate of drug-likeness (QED) is 0.527. The number of rotatable bonds is 5. The molecule has 1 N–H and O–H groups in total.